The molecule has 1 rings (SSSR count). The highest BCUT2D eigenvalue weighted by Crippen LogP contribution is 2.06. The molecule has 88 valence electrons. The van der Waals surface area contributed by atoms with Crippen LogP contribution in [0.1, 0.15) is 13.8 Å². The van der Waals surface area contributed by atoms with Gasteiger partial charge in [0.1, 0.15) is 0 Å². The van der Waals surface area contributed by atoms with E-state index in [9.17, 15) is 17.3 Å². The van der Waals surface area contributed by atoms with E-state index in [1.54, 1.807) is 0 Å². The van der Waals surface area contributed by atoms with Crippen molar-refractivity contribution >= 4 is 13.1 Å². The van der Waals surface area contributed by atoms with Crippen molar-refractivity contribution in [1.82, 2.24) is 0 Å². The molecule has 0 aromatic heterocycles. The zero-order chi connectivity index (χ0) is 12.1. The van der Waals surface area contributed by atoms with Crippen molar-refractivity contribution in [3.05, 3.63) is 12.1 Å². The first-order valence-electron chi connectivity index (χ1n) is 4.35. The molecular weight excluding hydrogens is 215 g/mol. The molecule has 1 unspecified atom stereocenters. The maximum Gasteiger partial charge on any atom is 0.673 e. The Morgan fingerprint density at radius 2 is 1.87 bits per heavy atom. The summed E-state index contributed by atoms with van der Waals surface area (Å²) in [5.41, 5.74) is 0. The van der Waals surface area contributed by atoms with E-state index in [0.29, 0.717) is 6.61 Å². The lowest BCUT2D eigenvalue weighted by Gasteiger charge is -1.96. The van der Waals surface area contributed by atoms with Crippen molar-refractivity contribution in [2.75, 3.05) is 13.7 Å². The molecule has 0 amide bonds. The van der Waals surface area contributed by atoms with Crippen LogP contribution in [0, 0.1) is 0 Å². The number of nitrogens with zero attached hydrogens (tertiary/aromatic N) is 1. The van der Waals surface area contributed by atoms with Gasteiger partial charge in [-0.25, -0.2) is 0 Å². The Labute approximate surface area is 85.5 Å². The van der Waals surface area contributed by atoms with E-state index in [4.69, 9.17) is 4.74 Å². The number of nitrogens with one attached hydrogen (secondary N) is 1. The number of hydrogen-bond acceptors (Lipinski definition) is 2. The molecule has 1 aliphatic rings. The van der Waals surface area contributed by atoms with Gasteiger partial charge >= 0.3 is 7.25 Å². The third-order valence-corrected chi connectivity index (χ3v) is 1.48. The molecule has 0 saturated carbocycles. The molecule has 0 aliphatic carbocycles. The van der Waals surface area contributed by atoms with E-state index in [1.165, 1.54) is 4.90 Å². The Balaban J connectivity index is 0.000000336. The van der Waals surface area contributed by atoms with Gasteiger partial charge in [0.25, 0.3) is 5.88 Å². The van der Waals surface area contributed by atoms with Crippen LogP contribution in [0.3, 0.4) is 0 Å². The number of quaternary nitrogens is 1. The van der Waals surface area contributed by atoms with E-state index < -0.39 is 7.25 Å². The first kappa shape index (κ1) is 14.0. The van der Waals surface area contributed by atoms with E-state index in [-0.39, 0.29) is 0 Å². The summed E-state index contributed by atoms with van der Waals surface area (Å²) in [4.78, 5) is 5.38. The van der Waals surface area contributed by atoms with Crippen LogP contribution in [0.2, 0.25) is 0 Å². The first-order valence-corrected chi connectivity index (χ1v) is 4.35. The fourth-order valence-electron chi connectivity index (χ4n) is 0.797. The highest BCUT2D eigenvalue weighted by molar-refractivity contribution is 6.50. The van der Waals surface area contributed by atoms with Crippen LogP contribution in [-0.2, 0) is 4.74 Å². The molecule has 1 aliphatic heterocycles. The van der Waals surface area contributed by atoms with Gasteiger partial charge in [0.05, 0.1) is 13.7 Å². The highest BCUT2D eigenvalue weighted by atomic mass is 19.5. The summed E-state index contributed by atoms with van der Waals surface area (Å²) < 4.78 is 44.2. The highest BCUT2D eigenvalue weighted by Gasteiger charge is 2.20. The van der Waals surface area contributed by atoms with E-state index in [2.05, 4.69) is 4.99 Å². The lowest BCUT2D eigenvalue weighted by molar-refractivity contribution is -0.719. The maximum absolute atomic E-state index is 9.75. The van der Waals surface area contributed by atoms with Crippen molar-refractivity contribution in [3.8, 4) is 0 Å². The molecule has 1 atom stereocenters. The molecule has 0 aromatic carbocycles. The number of ether oxygens (including phenoxy) is 1. The van der Waals surface area contributed by atoms with E-state index in [0.717, 1.165) is 11.7 Å². The van der Waals surface area contributed by atoms with Crippen molar-refractivity contribution < 1.29 is 26.9 Å². The zero-order valence-corrected chi connectivity index (χ0v) is 8.73. The Hall–Kier alpha value is -1.05. The lowest BCUT2D eigenvalue weighted by atomic mass is 10.3. The van der Waals surface area contributed by atoms with Crippen LogP contribution >= 0.6 is 0 Å². The monoisotopic (exact) mass is 228 g/mol. The number of rotatable bonds is 2. The third-order valence-electron chi connectivity index (χ3n) is 1.48. The second-order valence-corrected chi connectivity index (χ2v) is 2.79. The normalized spacial score (nSPS) is 20.1. The van der Waals surface area contributed by atoms with E-state index in [1.807, 2.05) is 27.1 Å². The fourth-order valence-corrected chi connectivity index (χ4v) is 0.797. The first-order chi connectivity index (χ1) is 6.74. The van der Waals surface area contributed by atoms with Gasteiger partial charge in [-0.1, -0.05) is 0 Å². The van der Waals surface area contributed by atoms with Gasteiger partial charge in [-0.3, -0.25) is 4.90 Å². The zero-order valence-electron chi connectivity index (χ0n) is 8.73. The van der Waals surface area contributed by atoms with Crippen molar-refractivity contribution in [3.63, 3.8) is 0 Å². The molecule has 3 nitrogen and oxygen atoms in total. The summed E-state index contributed by atoms with van der Waals surface area (Å²) in [5, 5.41) is 0. The summed E-state index contributed by atoms with van der Waals surface area (Å²) >= 11 is 0. The molecule has 0 radical (unpaired) electrons. The van der Waals surface area contributed by atoms with Gasteiger partial charge in [-0.2, -0.15) is 4.99 Å². The standard InChI is InChI=1S/C7H12N2O.BF4/c1-4-10-7-5-9(3)6(2)8-7;2-1(3,4)5/h5H,4H2,1-3H3;/q;-1/p+1. The summed E-state index contributed by atoms with van der Waals surface area (Å²) in [5.74, 6) is 1.81. The predicted octanol–water partition coefficient (Wildman–Crippen LogP) is 1.07. The number of halogens is 4. The van der Waals surface area contributed by atoms with E-state index >= 15 is 0 Å². The Morgan fingerprint density at radius 3 is 2.13 bits per heavy atom. The lowest BCUT2D eigenvalue weighted by Crippen LogP contribution is -3.05. The van der Waals surface area contributed by atoms with Crippen molar-refractivity contribution in [1.29, 1.82) is 0 Å². The number of hydrogen-bond donors (Lipinski definition) is 1. The molecule has 0 aromatic rings. The van der Waals surface area contributed by atoms with Gasteiger partial charge in [-0.15, -0.1) is 0 Å². The molecule has 8 heteroatoms. The van der Waals surface area contributed by atoms with Crippen LogP contribution in [0.15, 0.2) is 17.1 Å². The smallest absolute Gasteiger partial charge is 0.474 e. The van der Waals surface area contributed by atoms with Crippen LogP contribution < -0.4 is 4.90 Å². The topological polar surface area (TPSA) is 26.0 Å². The number of amidine groups is 1. The molecule has 15 heavy (non-hydrogen) atoms. The maximum atomic E-state index is 9.75. The SMILES string of the molecule is CCOC1=C[NH+](C)C(C)=N1.F[B-](F)(F)F. The molecule has 0 fully saturated rings. The van der Waals surface area contributed by atoms with Crippen molar-refractivity contribution in [2.45, 2.75) is 13.8 Å². The second kappa shape index (κ2) is 5.74. The quantitative estimate of drug-likeness (QED) is 0.555. The van der Waals surface area contributed by atoms with Crippen LogP contribution in [-0.4, -0.2) is 26.7 Å². The van der Waals surface area contributed by atoms with Crippen molar-refractivity contribution in [2.24, 2.45) is 4.99 Å². The van der Waals surface area contributed by atoms with Gasteiger partial charge < -0.3 is 22.0 Å². The molecule has 0 saturated heterocycles. The minimum Gasteiger partial charge on any atom is -0.474 e. The number of aliphatic imine (C=N–C) groups is 1. The largest absolute Gasteiger partial charge is 0.673 e. The van der Waals surface area contributed by atoms with Gasteiger partial charge in [0.2, 0.25) is 5.84 Å². The molecule has 0 spiro atoms. The van der Waals surface area contributed by atoms with Crippen LogP contribution in [0.5, 0.6) is 0 Å². The summed E-state index contributed by atoms with van der Waals surface area (Å²) in [6.45, 7) is 4.63. The average molecular weight is 228 g/mol. The Bertz CT molecular complexity index is 258. The van der Waals surface area contributed by atoms with Gasteiger partial charge in [-0.05, 0) is 6.92 Å². The fraction of sp³-hybridized carbons (Fsp3) is 0.571. The van der Waals surface area contributed by atoms with Crippen LogP contribution in [0.4, 0.5) is 17.3 Å². The second-order valence-electron chi connectivity index (χ2n) is 2.79. The summed E-state index contributed by atoms with van der Waals surface area (Å²) in [6.07, 6.45) is 1.96. The minimum absolute atomic E-state index is 0.690. The minimum atomic E-state index is -6.00. The molecule has 1 heterocycles. The molecular formula is C7H13BF4N2O. The predicted molar refractivity (Wildman–Crippen MR) is 49.9 cm³/mol. The summed E-state index contributed by atoms with van der Waals surface area (Å²) in [6, 6.07) is 0. The summed E-state index contributed by atoms with van der Waals surface area (Å²) in [7, 11) is -3.97. The van der Waals surface area contributed by atoms with Gasteiger partial charge in [0.15, 0.2) is 6.20 Å². The van der Waals surface area contributed by atoms with Gasteiger partial charge in [0, 0.05) is 6.92 Å². The Morgan fingerprint density at radius 1 is 1.40 bits per heavy atom. The average Bonchev–Trinajstić information content (AvgIpc) is 2.28. The Kier molecular flexibility index (Phi) is 5.34. The molecule has 1 N–H and O–H groups in total. The van der Waals surface area contributed by atoms with Crippen LogP contribution in [0.25, 0.3) is 0 Å². The third kappa shape index (κ3) is 7.98. The molecule has 0 bridgehead atoms.